The van der Waals surface area contributed by atoms with E-state index in [9.17, 15) is 0 Å². The first-order chi connectivity index (χ1) is 7.02. The SMILES string of the molecule is CC(C)CCNC(N)=NCC1(C)COC1. The summed E-state index contributed by atoms with van der Waals surface area (Å²) in [4.78, 5) is 4.32. The van der Waals surface area contributed by atoms with Crippen LogP contribution in [0.25, 0.3) is 0 Å². The summed E-state index contributed by atoms with van der Waals surface area (Å²) < 4.78 is 5.15. The number of aliphatic imine (C=N–C) groups is 1. The second-order valence-corrected chi connectivity index (χ2v) is 5.11. The third-order valence-electron chi connectivity index (χ3n) is 2.56. The van der Waals surface area contributed by atoms with E-state index >= 15 is 0 Å². The maximum atomic E-state index is 5.74. The lowest BCUT2D eigenvalue weighted by molar-refractivity contribution is -0.0945. The molecule has 0 radical (unpaired) electrons. The first-order valence-corrected chi connectivity index (χ1v) is 5.63. The zero-order chi connectivity index (χ0) is 11.3. The van der Waals surface area contributed by atoms with E-state index in [2.05, 4.69) is 31.1 Å². The predicted octanol–water partition coefficient (Wildman–Crippen LogP) is 0.973. The molecule has 15 heavy (non-hydrogen) atoms. The van der Waals surface area contributed by atoms with E-state index in [4.69, 9.17) is 10.5 Å². The Hall–Kier alpha value is -0.770. The van der Waals surface area contributed by atoms with Gasteiger partial charge in [0.15, 0.2) is 5.96 Å². The van der Waals surface area contributed by atoms with E-state index in [1.54, 1.807) is 0 Å². The lowest BCUT2D eigenvalue weighted by Gasteiger charge is -2.36. The maximum Gasteiger partial charge on any atom is 0.188 e. The normalized spacial score (nSPS) is 20.1. The lowest BCUT2D eigenvalue weighted by atomic mass is 9.89. The van der Waals surface area contributed by atoms with Gasteiger partial charge in [0.05, 0.1) is 19.8 Å². The standard InChI is InChI=1S/C11H23N3O/c1-9(2)4-5-13-10(12)14-6-11(3)7-15-8-11/h9H,4-8H2,1-3H3,(H3,12,13,14). The molecule has 0 aliphatic carbocycles. The number of nitrogens with zero attached hydrogens (tertiary/aromatic N) is 1. The molecule has 0 unspecified atom stereocenters. The van der Waals surface area contributed by atoms with Gasteiger partial charge in [-0.3, -0.25) is 4.99 Å². The van der Waals surface area contributed by atoms with Crippen LogP contribution in [0.2, 0.25) is 0 Å². The van der Waals surface area contributed by atoms with Gasteiger partial charge in [-0.15, -0.1) is 0 Å². The van der Waals surface area contributed by atoms with Gasteiger partial charge in [-0.25, -0.2) is 0 Å². The van der Waals surface area contributed by atoms with Crippen LogP contribution in [0.3, 0.4) is 0 Å². The molecule has 3 N–H and O–H groups in total. The molecule has 0 aromatic heterocycles. The van der Waals surface area contributed by atoms with Crippen LogP contribution in [0.5, 0.6) is 0 Å². The van der Waals surface area contributed by atoms with Crippen LogP contribution in [0, 0.1) is 11.3 Å². The van der Waals surface area contributed by atoms with Crippen molar-refractivity contribution in [2.75, 3.05) is 26.3 Å². The van der Waals surface area contributed by atoms with E-state index < -0.39 is 0 Å². The van der Waals surface area contributed by atoms with E-state index in [1.807, 2.05) is 0 Å². The Labute approximate surface area is 92.3 Å². The van der Waals surface area contributed by atoms with Crippen LogP contribution >= 0.6 is 0 Å². The fourth-order valence-corrected chi connectivity index (χ4v) is 1.36. The van der Waals surface area contributed by atoms with Crippen LogP contribution in [0.4, 0.5) is 0 Å². The number of rotatable bonds is 5. The summed E-state index contributed by atoms with van der Waals surface area (Å²) in [5.41, 5.74) is 5.96. The second kappa shape index (κ2) is 5.35. The Morgan fingerprint density at radius 3 is 2.67 bits per heavy atom. The van der Waals surface area contributed by atoms with Crippen molar-refractivity contribution in [1.82, 2.24) is 5.32 Å². The van der Waals surface area contributed by atoms with E-state index in [1.165, 1.54) is 0 Å². The first kappa shape index (κ1) is 12.3. The first-order valence-electron chi connectivity index (χ1n) is 5.63. The Morgan fingerprint density at radius 2 is 2.20 bits per heavy atom. The highest BCUT2D eigenvalue weighted by Gasteiger charge is 2.32. The minimum absolute atomic E-state index is 0.213. The third kappa shape index (κ3) is 4.51. The Balaban J connectivity index is 2.15. The van der Waals surface area contributed by atoms with Crippen molar-refractivity contribution in [2.24, 2.45) is 22.1 Å². The van der Waals surface area contributed by atoms with Gasteiger partial charge >= 0.3 is 0 Å². The largest absolute Gasteiger partial charge is 0.380 e. The van der Waals surface area contributed by atoms with Crippen molar-refractivity contribution in [3.8, 4) is 0 Å². The van der Waals surface area contributed by atoms with Crippen LogP contribution in [0.1, 0.15) is 27.2 Å². The average Bonchev–Trinajstić information content (AvgIpc) is 2.11. The van der Waals surface area contributed by atoms with Gasteiger partial charge in [-0.05, 0) is 12.3 Å². The highest BCUT2D eigenvalue weighted by molar-refractivity contribution is 5.77. The van der Waals surface area contributed by atoms with Crippen molar-refractivity contribution in [3.05, 3.63) is 0 Å². The zero-order valence-corrected chi connectivity index (χ0v) is 10.0. The summed E-state index contributed by atoms with van der Waals surface area (Å²) >= 11 is 0. The van der Waals surface area contributed by atoms with Crippen molar-refractivity contribution in [1.29, 1.82) is 0 Å². The topological polar surface area (TPSA) is 59.6 Å². The highest BCUT2D eigenvalue weighted by Crippen LogP contribution is 2.26. The van der Waals surface area contributed by atoms with Gasteiger partial charge in [-0.2, -0.15) is 0 Å². The van der Waals surface area contributed by atoms with Crippen molar-refractivity contribution >= 4 is 5.96 Å². The number of hydrogen-bond acceptors (Lipinski definition) is 2. The summed E-state index contributed by atoms with van der Waals surface area (Å²) in [5, 5.41) is 3.12. The van der Waals surface area contributed by atoms with Gasteiger partial charge in [0.25, 0.3) is 0 Å². The molecule has 1 heterocycles. The van der Waals surface area contributed by atoms with Crippen LogP contribution in [-0.2, 0) is 4.74 Å². The molecule has 4 heteroatoms. The number of hydrogen-bond donors (Lipinski definition) is 2. The minimum atomic E-state index is 0.213. The van der Waals surface area contributed by atoms with Crippen LogP contribution in [-0.4, -0.2) is 32.3 Å². The summed E-state index contributed by atoms with van der Waals surface area (Å²) in [5.74, 6) is 1.26. The molecule has 1 rings (SSSR count). The molecule has 1 aliphatic rings. The van der Waals surface area contributed by atoms with Gasteiger partial charge in [-0.1, -0.05) is 20.8 Å². The molecule has 0 spiro atoms. The Kier molecular flexibility index (Phi) is 4.39. The summed E-state index contributed by atoms with van der Waals surface area (Å²) in [6.45, 7) is 9.82. The number of nitrogens with two attached hydrogens (primary N) is 1. The van der Waals surface area contributed by atoms with Crippen molar-refractivity contribution < 1.29 is 4.74 Å². The average molecular weight is 213 g/mol. The van der Waals surface area contributed by atoms with Gasteiger partial charge in [0.2, 0.25) is 0 Å². The van der Waals surface area contributed by atoms with Crippen molar-refractivity contribution in [3.63, 3.8) is 0 Å². The second-order valence-electron chi connectivity index (χ2n) is 5.11. The van der Waals surface area contributed by atoms with Gasteiger partial charge in [0.1, 0.15) is 0 Å². The Bertz CT molecular complexity index is 222. The molecule has 0 saturated carbocycles. The molecule has 1 fully saturated rings. The van der Waals surface area contributed by atoms with E-state index in [-0.39, 0.29) is 5.41 Å². The lowest BCUT2D eigenvalue weighted by Crippen LogP contribution is -2.43. The predicted molar refractivity (Wildman–Crippen MR) is 62.9 cm³/mol. The Morgan fingerprint density at radius 1 is 1.53 bits per heavy atom. The molecule has 0 atom stereocenters. The quantitative estimate of drug-likeness (QED) is 0.528. The van der Waals surface area contributed by atoms with E-state index in [0.29, 0.717) is 11.9 Å². The van der Waals surface area contributed by atoms with Crippen molar-refractivity contribution in [2.45, 2.75) is 27.2 Å². The number of nitrogens with one attached hydrogen (secondary N) is 1. The molecular weight excluding hydrogens is 190 g/mol. The third-order valence-corrected chi connectivity index (χ3v) is 2.56. The zero-order valence-electron chi connectivity index (χ0n) is 10.0. The van der Waals surface area contributed by atoms with Gasteiger partial charge in [0, 0.05) is 12.0 Å². The molecule has 0 amide bonds. The minimum Gasteiger partial charge on any atom is -0.380 e. The van der Waals surface area contributed by atoms with Gasteiger partial charge < -0.3 is 15.8 Å². The molecule has 4 nitrogen and oxygen atoms in total. The summed E-state index contributed by atoms with van der Waals surface area (Å²) in [6, 6.07) is 0. The summed E-state index contributed by atoms with van der Waals surface area (Å²) in [7, 11) is 0. The number of guanidine groups is 1. The monoisotopic (exact) mass is 213 g/mol. The molecule has 88 valence electrons. The molecular formula is C11H23N3O. The fraction of sp³-hybridized carbons (Fsp3) is 0.909. The molecule has 0 aromatic rings. The summed E-state index contributed by atoms with van der Waals surface area (Å²) in [6.07, 6.45) is 1.12. The van der Waals surface area contributed by atoms with Crippen LogP contribution < -0.4 is 11.1 Å². The molecule has 1 saturated heterocycles. The molecule has 1 aliphatic heterocycles. The maximum absolute atomic E-state index is 5.74. The number of ether oxygens (including phenoxy) is 1. The molecule has 0 aromatic carbocycles. The smallest absolute Gasteiger partial charge is 0.188 e. The van der Waals surface area contributed by atoms with E-state index in [0.717, 1.165) is 32.7 Å². The molecule has 0 bridgehead atoms. The van der Waals surface area contributed by atoms with Crippen LogP contribution in [0.15, 0.2) is 4.99 Å². The highest BCUT2D eigenvalue weighted by atomic mass is 16.5. The fourth-order valence-electron chi connectivity index (χ4n) is 1.36.